The molecule has 0 spiro atoms. The lowest BCUT2D eigenvalue weighted by Crippen LogP contribution is -2.53. The van der Waals surface area contributed by atoms with Crippen molar-refractivity contribution < 1.29 is 19.1 Å². The van der Waals surface area contributed by atoms with E-state index < -0.39 is 5.54 Å². The van der Waals surface area contributed by atoms with Gasteiger partial charge in [-0.15, -0.1) is 22.7 Å². The normalized spacial score (nSPS) is 15.5. The molecular formula is C26H30N2O4S2. The molecule has 2 aromatic heterocycles. The molecule has 2 amide bonds. The Kier molecular flexibility index (Phi) is 7.28. The van der Waals surface area contributed by atoms with Crippen LogP contribution in [0.3, 0.4) is 0 Å². The van der Waals surface area contributed by atoms with Crippen molar-refractivity contribution in [3.63, 3.8) is 0 Å². The second kappa shape index (κ2) is 10.2. The van der Waals surface area contributed by atoms with Crippen LogP contribution in [0, 0.1) is 0 Å². The number of carbonyl (C=O) groups excluding carboxylic acids is 2. The Morgan fingerprint density at radius 1 is 1.06 bits per heavy atom. The van der Waals surface area contributed by atoms with Gasteiger partial charge in [0.15, 0.2) is 11.5 Å². The number of nitrogens with zero attached hydrogens (tertiary/aromatic N) is 2. The molecule has 0 bridgehead atoms. The molecule has 4 rings (SSSR count). The molecule has 0 unspecified atom stereocenters. The Balaban J connectivity index is 1.56. The van der Waals surface area contributed by atoms with Crippen LogP contribution in [0.5, 0.6) is 11.5 Å². The van der Waals surface area contributed by atoms with Crippen LogP contribution in [-0.2, 0) is 11.2 Å². The van der Waals surface area contributed by atoms with Crippen LogP contribution in [0.2, 0.25) is 0 Å². The quantitative estimate of drug-likeness (QED) is 0.446. The van der Waals surface area contributed by atoms with Crippen molar-refractivity contribution in [2.45, 2.75) is 38.8 Å². The van der Waals surface area contributed by atoms with Crippen molar-refractivity contribution in [3.8, 4) is 11.5 Å². The van der Waals surface area contributed by atoms with Crippen molar-refractivity contribution in [2.24, 2.45) is 0 Å². The smallest absolute Gasteiger partial charge is 0.264 e. The molecule has 0 radical (unpaired) electrons. The fraction of sp³-hybridized carbons (Fsp3) is 0.385. The van der Waals surface area contributed by atoms with E-state index in [1.165, 1.54) is 16.2 Å². The van der Waals surface area contributed by atoms with Crippen LogP contribution in [0.1, 0.15) is 46.9 Å². The number of methoxy groups -OCH3 is 1. The molecule has 34 heavy (non-hydrogen) atoms. The first-order valence-corrected chi connectivity index (χ1v) is 13.0. The summed E-state index contributed by atoms with van der Waals surface area (Å²) in [6.45, 7) is 6.80. The Morgan fingerprint density at radius 2 is 1.82 bits per heavy atom. The lowest BCUT2D eigenvalue weighted by molar-refractivity contribution is -0.136. The topological polar surface area (TPSA) is 59.1 Å². The van der Waals surface area contributed by atoms with E-state index >= 15 is 0 Å². The molecule has 3 aromatic rings. The highest BCUT2D eigenvalue weighted by Crippen LogP contribution is 2.35. The fourth-order valence-electron chi connectivity index (χ4n) is 4.15. The molecule has 0 aliphatic carbocycles. The zero-order valence-electron chi connectivity index (χ0n) is 19.9. The van der Waals surface area contributed by atoms with Crippen LogP contribution in [0.4, 0.5) is 0 Å². The minimum absolute atomic E-state index is 0.0187. The van der Waals surface area contributed by atoms with Crippen LogP contribution in [-0.4, -0.2) is 54.0 Å². The van der Waals surface area contributed by atoms with Gasteiger partial charge >= 0.3 is 0 Å². The molecule has 8 heteroatoms. The first kappa shape index (κ1) is 24.3. The minimum Gasteiger partial charge on any atom is -0.493 e. The predicted octanol–water partition coefficient (Wildman–Crippen LogP) is 5.26. The largest absolute Gasteiger partial charge is 0.493 e. The Hall–Kier alpha value is -2.84. The van der Waals surface area contributed by atoms with Crippen LogP contribution in [0.15, 0.2) is 53.2 Å². The summed E-state index contributed by atoms with van der Waals surface area (Å²) in [6, 6.07) is 13.0. The van der Waals surface area contributed by atoms with E-state index in [4.69, 9.17) is 9.47 Å². The average Bonchev–Trinajstić information content (AvgIpc) is 3.52. The molecule has 0 saturated carbocycles. The number of hydrogen-bond acceptors (Lipinski definition) is 6. The highest BCUT2D eigenvalue weighted by atomic mass is 32.1. The molecule has 1 atom stereocenters. The zero-order valence-corrected chi connectivity index (χ0v) is 21.6. The van der Waals surface area contributed by atoms with Crippen LogP contribution in [0.25, 0.3) is 0 Å². The number of thiophene rings is 2. The first-order valence-electron chi connectivity index (χ1n) is 11.3. The summed E-state index contributed by atoms with van der Waals surface area (Å²) in [7, 11) is 1.61. The van der Waals surface area contributed by atoms with E-state index in [2.05, 4.69) is 11.4 Å². The van der Waals surface area contributed by atoms with Gasteiger partial charge in [0.1, 0.15) is 13.2 Å². The third kappa shape index (κ3) is 5.13. The Bertz CT molecular complexity index is 1130. The van der Waals surface area contributed by atoms with Crippen molar-refractivity contribution in [1.29, 1.82) is 0 Å². The minimum atomic E-state index is -0.497. The van der Waals surface area contributed by atoms with Crippen LogP contribution < -0.4 is 9.47 Å². The van der Waals surface area contributed by atoms with Gasteiger partial charge in [-0.3, -0.25) is 9.59 Å². The molecule has 6 nitrogen and oxygen atoms in total. The van der Waals surface area contributed by atoms with Gasteiger partial charge in [0, 0.05) is 17.0 Å². The van der Waals surface area contributed by atoms with Gasteiger partial charge in [0.25, 0.3) is 5.91 Å². The van der Waals surface area contributed by atoms with Gasteiger partial charge in [0.2, 0.25) is 5.91 Å². The van der Waals surface area contributed by atoms with Gasteiger partial charge < -0.3 is 19.3 Å². The summed E-state index contributed by atoms with van der Waals surface area (Å²) in [6.07, 6.45) is 0.804. The number of fused-ring (bicyclic) bond motifs is 1. The monoisotopic (exact) mass is 498 g/mol. The molecule has 0 fully saturated rings. The van der Waals surface area contributed by atoms with E-state index in [9.17, 15) is 9.59 Å². The lowest BCUT2D eigenvalue weighted by atomic mass is 9.99. The summed E-state index contributed by atoms with van der Waals surface area (Å²) in [5, 5.41) is 3.94. The molecular weight excluding hydrogens is 468 g/mol. The van der Waals surface area contributed by atoms with Gasteiger partial charge in [-0.05, 0) is 67.8 Å². The third-order valence-corrected chi connectivity index (χ3v) is 7.82. The van der Waals surface area contributed by atoms with E-state index in [0.717, 1.165) is 12.0 Å². The van der Waals surface area contributed by atoms with E-state index in [0.29, 0.717) is 29.5 Å². The van der Waals surface area contributed by atoms with Crippen molar-refractivity contribution in [1.82, 2.24) is 9.80 Å². The predicted molar refractivity (Wildman–Crippen MR) is 136 cm³/mol. The number of carbonyl (C=O) groups is 2. The average molecular weight is 499 g/mol. The lowest BCUT2D eigenvalue weighted by Gasteiger charge is -2.40. The van der Waals surface area contributed by atoms with E-state index in [1.807, 2.05) is 61.4 Å². The Morgan fingerprint density at radius 3 is 2.50 bits per heavy atom. The van der Waals surface area contributed by atoms with Crippen molar-refractivity contribution >= 4 is 34.5 Å². The van der Waals surface area contributed by atoms with E-state index in [-0.39, 0.29) is 24.4 Å². The van der Waals surface area contributed by atoms with Gasteiger partial charge in [-0.25, -0.2) is 0 Å². The molecule has 3 heterocycles. The third-order valence-electron chi connectivity index (χ3n) is 5.96. The number of amides is 2. The number of para-hydroxylation sites is 2. The summed E-state index contributed by atoms with van der Waals surface area (Å²) in [5.41, 5.74) is 0.620. The molecule has 0 N–H and O–H groups in total. The second-order valence-corrected chi connectivity index (χ2v) is 11.1. The summed E-state index contributed by atoms with van der Waals surface area (Å²) < 4.78 is 11.6. The number of benzene rings is 1. The maximum absolute atomic E-state index is 13.7. The summed E-state index contributed by atoms with van der Waals surface area (Å²) >= 11 is 3.11. The second-order valence-electron chi connectivity index (χ2n) is 9.15. The van der Waals surface area contributed by atoms with Crippen molar-refractivity contribution in [2.75, 3.05) is 26.8 Å². The Labute approximate surface area is 208 Å². The highest BCUT2D eigenvalue weighted by molar-refractivity contribution is 7.12. The highest BCUT2D eigenvalue weighted by Gasteiger charge is 2.36. The standard InChI is InChI=1S/C26H30N2O4S2/c1-26(2,3)28(25(30)23-10-7-14-33-23)16-24(29)27-13-11-22-18(12-15-34-22)19(27)17-32-21-9-6-5-8-20(21)31-4/h5-10,12,14-15,19H,11,13,16-17H2,1-4H3/t19-/m1/s1. The van der Waals surface area contributed by atoms with Crippen molar-refractivity contribution in [3.05, 3.63) is 68.5 Å². The fourth-order valence-corrected chi connectivity index (χ4v) is 5.75. The zero-order chi connectivity index (χ0) is 24.3. The molecule has 0 saturated heterocycles. The molecule has 1 aliphatic rings. The van der Waals surface area contributed by atoms with Gasteiger partial charge in [-0.1, -0.05) is 18.2 Å². The maximum Gasteiger partial charge on any atom is 0.264 e. The molecule has 1 aliphatic heterocycles. The number of hydrogen-bond donors (Lipinski definition) is 0. The van der Waals surface area contributed by atoms with E-state index in [1.54, 1.807) is 29.4 Å². The summed E-state index contributed by atoms with van der Waals surface area (Å²) in [5.74, 6) is 1.10. The SMILES string of the molecule is COc1ccccc1OC[C@@H]1c2ccsc2CCN1C(=O)CN(C(=O)c1cccs1)C(C)(C)C. The van der Waals surface area contributed by atoms with Gasteiger partial charge in [-0.2, -0.15) is 0 Å². The molecule has 180 valence electrons. The summed E-state index contributed by atoms with van der Waals surface area (Å²) in [4.78, 5) is 32.3. The number of rotatable bonds is 7. The molecule has 1 aromatic carbocycles. The number of ether oxygens (including phenoxy) is 2. The van der Waals surface area contributed by atoms with Gasteiger partial charge in [0.05, 0.1) is 18.0 Å². The maximum atomic E-state index is 13.7. The van der Waals surface area contributed by atoms with Crippen LogP contribution >= 0.6 is 22.7 Å². The first-order chi connectivity index (χ1) is 16.3.